The van der Waals surface area contributed by atoms with Crippen molar-refractivity contribution < 1.29 is 14.3 Å². The van der Waals surface area contributed by atoms with Gasteiger partial charge in [-0.05, 0) is 37.5 Å². The number of pyridine rings is 1. The summed E-state index contributed by atoms with van der Waals surface area (Å²) in [4.78, 5) is 31.6. The van der Waals surface area contributed by atoms with Gasteiger partial charge in [-0.3, -0.25) is 14.6 Å². The summed E-state index contributed by atoms with van der Waals surface area (Å²) in [5.41, 5.74) is 1.73. The number of rotatable bonds is 9. The Morgan fingerprint density at radius 3 is 2.78 bits per heavy atom. The number of ether oxygens (including phenoxy) is 1. The van der Waals surface area contributed by atoms with Crippen LogP contribution in [0.2, 0.25) is 5.02 Å². The van der Waals surface area contributed by atoms with Crippen LogP contribution in [0, 0.1) is 12.8 Å². The smallest absolute Gasteiger partial charge is 0.262 e. The van der Waals surface area contributed by atoms with Crippen molar-refractivity contribution in [3.63, 3.8) is 0 Å². The van der Waals surface area contributed by atoms with Crippen molar-refractivity contribution in [2.75, 3.05) is 18.5 Å². The van der Waals surface area contributed by atoms with Crippen LogP contribution in [0.25, 0.3) is 0 Å². The third-order valence-corrected chi connectivity index (χ3v) is 7.33. The van der Waals surface area contributed by atoms with E-state index in [9.17, 15) is 9.59 Å². The van der Waals surface area contributed by atoms with Gasteiger partial charge in [0.15, 0.2) is 0 Å². The number of halogens is 1. The minimum absolute atomic E-state index is 0.0503. The van der Waals surface area contributed by atoms with E-state index < -0.39 is 6.04 Å². The average molecular weight is 477 g/mol. The molecule has 0 spiro atoms. The van der Waals surface area contributed by atoms with Crippen LogP contribution < -0.4 is 16.0 Å². The van der Waals surface area contributed by atoms with Gasteiger partial charge in [-0.1, -0.05) is 37.3 Å². The van der Waals surface area contributed by atoms with E-state index >= 15 is 0 Å². The van der Waals surface area contributed by atoms with Gasteiger partial charge in [0.1, 0.15) is 6.04 Å². The molecular formula is C23H29ClN4O3S. The predicted octanol–water partition coefficient (Wildman–Crippen LogP) is 3.91. The number of amides is 2. The normalized spacial score (nSPS) is 17.6. The number of anilines is 1. The first-order chi connectivity index (χ1) is 15.5. The molecule has 1 atom stereocenters. The second-order valence-corrected chi connectivity index (χ2v) is 10.2. The first-order valence-electron chi connectivity index (χ1n) is 11.1. The van der Waals surface area contributed by atoms with Gasteiger partial charge in [0.05, 0.1) is 40.5 Å². The predicted molar refractivity (Wildman–Crippen MR) is 126 cm³/mol. The number of carbonyl (C=O) groups is 2. The summed E-state index contributed by atoms with van der Waals surface area (Å²) in [6.45, 7) is 3.56. The van der Waals surface area contributed by atoms with E-state index in [-0.39, 0.29) is 17.9 Å². The highest BCUT2D eigenvalue weighted by molar-refractivity contribution is 7.14. The van der Waals surface area contributed by atoms with Crippen LogP contribution >= 0.6 is 22.9 Å². The molecule has 0 radical (unpaired) electrons. The molecule has 9 heteroatoms. The van der Waals surface area contributed by atoms with Crippen molar-refractivity contribution in [1.29, 1.82) is 0 Å². The lowest BCUT2D eigenvalue weighted by molar-refractivity contribution is -0.127. The number of thiophene rings is 1. The van der Waals surface area contributed by atoms with E-state index in [0.29, 0.717) is 42.0 Å². The fraction of sp³-hybridized carbons (Fsp3) is 0.522. The quantitative estimate of drug-likeness (QED) is 0.510. The molecule has 4 rings (SSSR count). The number of hydrogen-bond acceptors (Lipinski definition) is 6. The molecule has 2 aliphatic rings. The number of nitrogens with zero attached hydrogens (tertiary/aromatic N) is 1. The van der Waals surface area contributed by atoms with E-state index in [1.807, 2.05) is 25.1 Å². The fourth-order valence-electron chi connectivity index (χ4n) is 4.12. The molecule has 2 aromatic heterocycles. The topological polar surface area (TPSA) is 92.4 Å². The summed E-state index contributed by atoms with van der Waals surface area (Å²) in [7, 11) is 0. The zero-order chi connectivity index (χ0) is 22.5. The lowest BCUT2D eigenvalue weighted by atomic mass is 9.97. The number of aromatic nitrogens is 1. The maximum Gasteiger partial charge on any atom is 0.262 e. The Bertz CT molecular complexity index is 956. The minimum Gasteiger partial charge on any atom is -0.379 e. The van der Waals surface area contributed by atoms with Crippen LogP contribution in [0.4, 0.5) is 5.69 Å². The first-order valence-corrected chi connectivity index (χ1v) is 12.3. The molecule has 1 unspecified atom stereocenters. The Kier molecular flexibility index (Phi) is 7.65. The number of carbonyl (C=O) groups excluding carboxylic acids is 2. The van der Waals surface area contributed by atoms with Gasteiger partial charge in [-0.25, -0.2) is 0 Å². The van der Waals surface area contributed by atoms with Gasteiger partial charge in [0, 0.05) is 17.6 Å². The van der Waals surface area contributed by atoms with Gasteiger partial charge < -0.3 is 20.7 Å². The van der Waals surface area contributed by atoms with E-state index in [4.69, 9.17) is 16.3 Å². The second-order valence-electron chi connectivity index (χ2n) is 8.56. The van der Waals surface area contributed by atoms with Crippen molar-refractivity contribution in [2.24, 2.45) is 5.92 Å². The SMILES string of the molecule is Cc1ncc(Cl)cc1NCc1ccc(C(=O)NC(CC2CCCC2)C(=O)NC2COC2)s1. The third kappa shape index (κ3) is 5.99. The van der Waals surface area contributed by atoms with Crippen LogP contribution in [0.1, 0.15) is 52.3 Å². The molecule has 1 aliphatic carbocycles. The van der Waals surface area contributed by atoms with Gasteiger partial charge in [-0.2, -0.15) is 0 Å². The monoisotopic (exact) mass is 476 g/mol. The van der Waals surface area contributed by atoms with Crippen molar-refractivity contribution >= 4 is 40.4 Å². The van der Waals surface area contributed by atoms with Crippen LogP contribution in [0.15, 0.2) is 24.4 Å². The van der Waals surface area contributed by atoms with Crippen molar-refractivity contribution in [3.8, 4) is 0 Å². The van der Waals surface area contributed by atoms with Crippen LogP contribution in [-0.2, 0) is 16.1 Å². The molecule has 3 heterocycles. The number of aryl methyl sites for hydroxylation is 1. The van der Waals surface area contributed by atoms with E-state index in [1.54, 1.807) is 6.20 Å². The number of hydrogen-bond donors (Lipinski definition) is 3. The number of nitrogens with one attached hydrogen (secondary N) is 3. The Morgan fingerprint density at radius 2 is 2.06 bits per heavy atom. The summed E-state index contributed by atoms with van der Waals surface area (Å²) in [6.07, 6.45) is 6.95. The molecule has 7 nitrogen and oxygen atoms in total. The summed E-state index contributed by atoms with van der Waals surface area (Å²) >= 11 is 7.45. The Labute approximate surface area is 197 Å². The molecule has 32 heavy (non-hydrogen) atoms. The van der Waals surface area contributed by atoms with E-state index in [1.165, 1.54) is 24.2 Å². The lowest BCUT2D eigenvalue weighted by Crippen LogP contribution is -2.55. The fourth-order valence-corrected chi connectivity index (χ4v) is 5.13. The van der Waals surface area contributed by atoms with Crippen molar-refractivity contribution in [1.82, 2.24) is 15.6 Å². The van der Waals surface area contributed by atoms with Crippen molar-refractivity contribution in [3.05, 3.63) is 44.9 Å². The molecule has 2 amide bonds. The highest BCUT2D eigenvalue weighted by atomic mass is 35.5. The molecule has 172 valence electrons. The Balaban J connectivity index is 1.36. The maximum absolute atomic E-state index is 12.9. The molecule has 2 fully saturated rings. The van der Waals surface area contributed by atoms with E-state index in [0.717, 1.165) is 29.1 Å². The zero-order valence-electron chi connectivity index (χ0n) is 18.2. The second kappa shape index (κ2) is 10.6. The average Bonchev–Trinajstić information content (AvgIpc) is 3.43. The molecular weight excluding hydrogens is 448 g/mol. The van der Waals surface area contributed by atoms with Gasteiger partial charge in [-0.15, -0.1) is 11.3 Å². The lowest BCUT2D eigenvalue weighted by Gasteiger charge is -2.29. The standard InChI is InChI=1S/C23H29ClN4O3S/c1-14-19(9-16(24)10-25-14)26-11-18-6-7-21(32-18)23(30)28-20(8-15-4-2-3-5-15)22(29)27-17-12-31-13-17/h6-7,9-10,15,17,20,26H,2-5,8,11-13H2,1H3,(H,27,29)(H,28,30). The van der Waals surface area contributed by atoms with Crippen LogP contribution in [0.5, 0.6) is 0 Å². The largest absolute Gasteiger partial charge is 0.379 e. The summed E-state index contributed by atoms with van der Waals surface area (Å²) in [6, 6.07) is 5.11. The molecule has 3 N–H and O–H groups in total. The zero-order valence-corrected chi connectivity index (χ0v) is 19.7. The Hall–Kier alpha value is -2.16. The van der Waals surface area contributed by atoms with Gasteiger partial charge in [0.2, 0.25) is 5.91 Å². The molecule has 0 bridgehead atoms. The first kappa shape index (κ1) is 23.0. The molecule has 1 saturated heterocycles. The Morgan fingerprint density at radius 1 is 1.28 bits per heavy atom. The summed E-state index contributed by atoms with van der Waals surface area (Å²) < 4.78 is 5.15. The molecule has 1 aliphatic heterocycles. The van der Waals surface area contributed by atoms with Gasteiger partial charge in [0.25, 0.3) is 5.91 Å². The molecule has 1 saturated carbocycles. The van der Waals surface area contributed by atoms with Crippen molar-refractivity contribution in [2.45, 2.75) is 57.7 Å². The highest BCUT2D eigenvalue weighted by Crippen LogP contribution is 2.29. The maximum atomic E-state index is 12.9. The molecule has 0 aromatic carbocycles. The molecule has 2 aromatic rings. The minimum atomic E-state index is -0.518. The van der Waals surface area contributed by atoms with E-state index in [2.05, 4.69) is 20.9 Å². The summed E-state index contributed by atoms with van der Waals surface area (Å²) in [5.74, 6) is 0.173. The van der Waals surface area contributed by atoms with Crippen LogP contribution in [0.3, 0.4) is 0 Å². The highest BCUT2D eigenvalue weighted by Gasteiger charge is 2.30. The van der Waals surface area contributed by atoms with Crippen LogP contribution in [-0.4, -0.2) is 42.1 Å². The summed E-state index contributed by atoms with van der Waals surface area (Å²) in [5, 5.41) is 9.88. The third-order valence-electron chi connectivity index (χ3n) is 6.04. The van der Waals surface area contributed by atoms with Gasteiger partial charge >= 0.3 is 0 Å².